The number of ketones is 1. The van der Waals surface area contributed by atoms with Gasteiger partial charge in [0.15, 0.2) is 0 Å². The molecule has 0 aliphatic heterocycles. The van der Waals surface area contributed by atoms with Crippen molar-refractivity contribution < 1.29 is 9.90 Å². The van der Waals surface area contributed by atoms with Gasteiger partial charge in [0, 0.05) is 0 Å². The van der Waals surface area contributed by atoms with Crippen LogP contribution in [0.3, 0.4) is 0 Å². The summed E-state index contributed by atoms with van der Waals surface area (Å²) in [6.45, 7) is 8.14. The van der Waals surface area contributed by atoms with E-state index in [4.69, 9.17) is 0 Å². The summed E-state index contributed by atoms with van der Waals surface area (Å²) in [6, 6.07) is 32.3. The molecule has 1 aliphatic carbocycles. The van der Waals surface area contributed by atoms with Gasteiger partial charge in [0.2, 0.25) is 0 Å². The molecule has 192 valence electrons. The van der Waals surface area contributed by atoms with Crippen LogP contribution in [0.15, 0.2) is 126 Å². The van der Waals surface area contributed by atoms with E-state index in [0.29, 0.717) is 12.0 Å². The maximum absolute atomic E-state index is 12.5. The Labute approximate surface area is 229 Å². The normalized spacial score (nSPS) is 19.6. The zero-order valence-electron chi connectivity index (χ0n) is 22.1. The monoisotopic (exact) mass is 574 g/mol. The molecule has 1 N–H and O–H groups in total. The molecule has 3 aromatic rings. The molecular formula is C33H36BrO2P. The Kier molecular flexibility index (Phi) is 7.91. The van der Waals surface area contributed by atoms with Crippen molar-refractivity contribution >= 4 is 42.5 Å². The van der Waals surface area contributed by atoms with Crippen LogP contribution >= 0.6 is 20.8 Å². The van der Waals surface area contributed by atoms with Crippen molar-refractivity contribution in [1.82, 2.24) is 0 Å². The van der Waals surface area contributed by atoms with E-state index in [9.17, 15) is 9.90 Å². The molecule has 0 spiro atoms. The number of hydrogen-bond donors (Lipinski definition) is 1. The molecular weight excluding hydrogens is 539 g/mol. The van der Waals surface area contributed by atoms with Gasteiger partial charge in [0.25, 0.3) is 0 Å². The van der Waals surface area contributed by atoms with Crippen LogP contribution in [0.2, 0.25) is 0 Å². The van der Waals surface area contributed by atoms with E-state index in [-0.39, 0.29) is 11.2 Å². The van der Waals surface area contributed by atoms with Crippen molar-refractivity contribution in [1.29, 1.82) is 0 Å². The number of carbonyl (C=O) groups excluding carboxylic acids is 1. The number of carbonyl (C=O) groups is 1. The predicted octanol–water partition coefficient (Wildman–Crippen LogP) is 7.01. The molecule has 37 heavy (non-hydrogen) atoms. The third kappa shape index (κ3) is 5.10. The summed E-state index contributed by atoms with van der Waals surface area (Å²) in [4.78, 5) is 12.5. The van der Waals surface area contributed by atoms with E-state index in [1.165, 1.54) is 15.9 Å². The molecule has 1 aliphatic rings. The first-order valence-corrected chi connectivity index (χ1v) is 17.2. The molecule has 0 aromatic heterocycles. The van der Waals surface area contributed by atoms with Crippen LogP contribution < -0.4 is 15.9 Å². The molecule has 0 heterocycles. The van der Waals surface area contributed by atoms with E-state index in [1.807, 2.05) is 6.92 Å². The average Bonchev–Trinajstić information content (AvgIpc) is 2.91. The molecule has 0 bridgehead atoms. The summed E-state index contributed by atoms with van der Waals surface area (Å²) < 4.78 is 0. The molecule has 1 atom stereocenters. The van der Waals surface area contributed by atoms with Gasteiger partial charge in [-0.15, -0.1) is 0 Å². The van der Waals surface area contributed by atoms with Crippen LogP contribution in [0.5, 0.6) is 0 Å². The van der Waals surface area contributed by atoms with Crippen LogP contribution in [0.1, 0.15) is 34.1 Å². The fraction of sp³-hybridized carbons (Fsp3) is 0.242. The number of aliphatic hydroxyl groups is 1. The zero-order chi connectivity index (χ0) is 26.7. The molecule has 0 amide bonds. The standard InChI is InChI=1S/C33H36BrO2P/c1-25(20-21-30-26(2)32(36)31(35)24-33(30,3)4)22-23-37(34,27-14-8-5-9-15-27,28-16-10-6-11-17-28)29-18-12-7-13-19-29/h5-22,31,35H,23-24H2,1-4H3. The Morgan fingerprint density at radius 2 is 1.35 bits per heavy atom. The van der Waals surface area contributed by atoms with Crippen LogP contribution in [0.25, 0.3) is 0 Å². The van der Waals surface area contributed by atoms with Gasteiger partial charge in [0.1, 0.15) is 0 Å². The van der Waals surface area contributed by atoms with Crippen molar-refractivity contribution in [3.05, 3.63) is 126 Å². The molecule has 0 radical (unpaired) electrons. The predicted molar refractivity (Wildman–Crippen MR) is 164 cm³/mol. The minimum atomic E-state index is -3.03. The van der Waals surface area contributed by atoms with E-state index < -0.39 is 11.4 Å². The van der Waals surface area contributed by atoms with E-state index in [1.54, 1.807) is 0 Å². The fourth-order valence-corrected chi connectivity index (χ4v) is 12.6. The first kappa shape index (κ1) is 27.5. The van der Waals surface area contributed by atoms with Gasteiger partial charge >= 0.3 is 230 Å². The molecule has 1 unspecified atom stereocenters. The molecule has 4 heteroatoms. The van der Waals surface area contributed by atoms with Crippen molar-refractivity contribution in [2.75, 3.05) is 6.16 Å². The molecule has 3 aromatic carbocycles. The third-order valence-corrected chi connectivity index (χ3v) is 17.2. The maximum atomic E-state index is 12.5. The Morgan fingerprint density at radius 1 is 0.919 bits per heavy atom. The van der Waals surface area contributed by atoms with Crippen LogP contribution in [0, 0.1) is 5.41 Å². The summed E-state index contributed by atoms with van der Waals surface area (Å²) in [5, 5.41) is 11.0. The number of rotatable bonds is 7. The fourth-order valence-electron chi connectivity index (χ4n) is 5.50. The summed E-state index contributed by atoms with van der Waals surface area (Å²) in [5.74, 6) is -0.164. The second-order valence-corrected chi connectivity index (χ2v) is 19.6. The van der Waals surface area contributed by atoms with Gasteiger partial charge in [-0.3, -0.25) is 0 Å². The van der Waals surface area contributed by atoms with Crippen LogP contribution in [0.4, 0.5) is 0 Å². The Morgan fingerprint density at radius 3 is 1.78 bits per heavy atom. The minimum absolute atomic E-state index is 0.164. The number of halogens is 1. The second kappa shape index (κ2) is 10.7. The average molecular weight is 576 g/mol. The summed E-state index contributed by atoms with van der Waals surface area (Å²) >= 11 is 4.50. The number of allylic oxidation sites excluding steroid dienone is 5. The molecule has 0 saturated carbocycles. The SMILES string of the molecule is CC(C=CC1=C(C)C(=O)C(O)CC1(C)C)=CCP(Br)(c1ccccc1)(c1ccccc1)c1ccccc1. The number of aliphatic hydroxyl groups excluding tert-OH is 1. The number of benzene rings is 3. The van der Waals surface area contributed by atoms with Crippen LogP contribution in [-0.4, -0.2) is 23.2 Å². The zero-order valence-corrected chi connectivity index (χ0v) is 24.5. The topological polar surface area (TPSA) is 37.3 Å². The summed E-state index contributed by atoms with van der Waals surface area (Å²) in [6.07, 6.45) is 6.84. The van der Waals surface area contributed by atoms with Crippen molar-refractivity contribution in [3.63, 3.8) is 0 Å². The van der Waals surface area contributed by atoms with Crippen molar-refractivity contribution in [2.45, 2.75) is 40.2 Å². The third-order valence-electron chi connectivity index (χ3n) is 7.66. The first-order valence-electron chi connectivity index (χ1n) is 12.8. The van der Waals surface area contributed by atoms with Crippen LogP contribution in [-0.2, 0) is 4.79 Å². The Bertz CT molecular complexity index is 1260. The second-order valence-electron chi connectivity index (χ2n) is 10.7. The molecule has 2 nitrogen and oxygen atoms in total. The Hall–Kier alpha value is -2.58. The van der Waals surface area contributed by atoms with E-state index in [2.05, 4.69) is 145 Å². The Balaban J connectivity index is 1.83. The van der Waals surface area contributed by atoms with Gasteiger partial charge in [-0.25, -0.2) is 0 Å². The molecule has 0 saturated heterocycles. The quantitative estimate of drug-likeness (QED) is 0.243. The van der Waals surface area contributed by atoms with E-state index in [0.717, 1.165) is 17.3 Å². The van der Waals surface area contributed by atoms with Crippen molar-refractivity contribution in [3.8, 4) is 0 Å². The number of hydrogen-bond acceptors (Lipinski definition) is 2. The van der Waals surface area contributed by atoms with E-state index >= 15 is 0 Å². The molecule has 0 fully saturated rings. The van der Waals surface area contributed by atoms with Gasteiger partial charge in [0.05, 0.1) is 0 Å². The van der Waals surface area contributed by atoms with Gasteiger partial charge < -0.3 is 0 Å². The number of Topliss-reactive ketones (excluding diaryl/α,β-unsaturated/α-hetero) is 1. The van der Waals surface area contributed by atoms with Gasteiger partial charge in [-0.1, -0.05) is 0 Å². The molecule has 4 rings (SSSR count). The summed E-state index contributed by atoms with van der Waals surface area (Å²) in [5.41, 5.74) is 2.53. The van der Waals surface area contributed by atoms with Gasteiger partial charge in [-0.2, -0.15) is 0 Å². The summed E-state index contributed by atoms with van der Waals surface area (Å²) in [7, 11) is 0. The van der Waals surface area contributed by atoms with Crippen molar-refractivity contribution in [2.24, 2.45) is 5.41 Å². The van der Waals surface area contributed by atoms with Gasteiger partial charge in [-0.05, 0) is 0 Å². The first-order chi connectivity index (χ1) is 17.6.